The standard InChI is InChI=1S/C12H11Cl2N5/c1-18-8(2-3-16-18)7-19-11(4-13)17-10-6-15-5-9(14)12(10)19/h2-3,5-6H,4,7H2,1H3. The minimum atomic E-state index is 0.322. The van der Waals surface area contributed by atoms with E-state index >= 15 is 0 Å². The van der Waals surface area contributed by atoms with Crippen molar-refractivity contribution in [1.82, 2.24) is 24.3 Å². The Bertz CT molecular complexity index is 731. The van der Waals surface area contributed by atoms with Gasteiger partial charge in [0.15, 0.2) is 0 Å². The molecule has 5 nitrogen and oxygen atoms in total. The van der Waals surface area contributed by atoms with Gasteiger partial charge < -0.3 is 4.57 Å². The van der Waals surface area contributed by atoms with Gasteiger partial charge in [0.2, 0.25) is 0 Å². The van der Waals surface area contributed by atoms with Gasteiger partial charge in [-0.25, -0.2) is 4.98 Å². The highest BCUT2D eigenvalue weighted by atomic mass is 35.5. The van der Waals surface area contributed by atoms with Crippen molar-refractivity contribution >= 4 is 34.2 Å². The summed E-state index contributed by atoms with van der Waals surface area (Å²) in [7, 11) is 1.90. The van der Waals surface area contributed by atoms with E-state index in [1.165, 1.54) is 0 Å². The maximum Gasteiger partial charge on any atom is 0.125 e. The van der Waals surface area contributed by atoms with E-state index in [1.54, 1.807) is 18.6 Å². The summed E-state index contributed by atoms with van der Waals surface area (Å²) in [5, 5.41) is 4.73. The van der Waals surface area contributed by atoms with Gasteiger partial charge >= 0.3 is 0 Å². The lowest BCUT2D eigenvalue weighted by atomic mass is 10.3. The molecule has 3 heterocycles. The number of halogens is 2. The Morgan fingerprint density at radius 2 is 2.16 bits per heavy atom. The zero-order valence-electron chi connectivity index (χ0n) is 10.2. The summed E-state index contributed by atoms with van der Waals surface area (Å²) in [5.74, 6) is 1.09. The first-order chi connectivity index (χ1) is 9.20. The van der Waals surface area contributed by atoms with Crippen molar-refractivity contribution in [1.29, 1.82) is 0 Å². The molecule has 7 heteroatoms. The molecule has 3 aromatic heterocycles. The van der Waals surface area contributed by atoms with Crippen molar-refractivity contribution in [2.45, 2.75) is 12.4 Å². The predicted octanol–water partition coefficient (Wildman–Crippen LogP) is 2.61. The number of alkyl halides is 1. The zero-order valence-corrected chi connectivity index (χ0v) is 11.7. The van der Waals surface area contributed by atoms with Crippen LogP contribution in [0.3, 0.4) is 0 Å². The van der Waals surface area contributed by atoms with Crippen molar-refractivity contribution in [3.63, 3.8) is 0 Å². The van der Waals surface area contributed by atoms with E-state index in [0.29, 0.717) is 17.4 Å². The molecule has 0 saturated carbocycles. The molecule has 0 amide bonds. The molecule has 0 spiro atoms. The van der Waals surface area contributed by atoms with E-state index in [-0.39, 0.29) is 0 Å². The summed E-state index contributed by atoms with van der Waals surface area (Å²) in [5.41, 5.74) is 2.66. The first-order valence-electron chi connectivity index (χ1n) is 5.72. The first kappa shape index (κ1) is 12.4. The van der Waals surface area contributed by atoms with E-state index in [9.17, 15) is 0 Å². The summed E-state index contributed by atoms with van der Waals surface area (Å²) in [6.07, 6.45) is 5.07. The molecule has 0 atom stereocenters. The summed E-state index contributed by atoms with van der Waals surface area (Å²) in [6.45, 7) is 0.624. The number of nitrogens with zero attached hydrogens (tertiary/aromatic N) is 5. The topological polar surface area (TPSA) is 48.5 Å². The number of pyridine rings is 1. The molecular formula is C12H11Cl2N5. The van der Waals surface area contributed by atoms with Gasteiger partial charge in [0.05, 0.1) is 34.9 Å². The maximum atomic E-state index is 6.22. The van der Waals surface area contributed by atoms with Crippen molar-refractivity contribution in [3.05, 3.63) is 41.2 Å². The summed E-state index contributed by atoms with van der Waals surface area (Å²) < 4.78 is 3.82. The molecule has 19 heavy (non-hydrogen) atoms. The number of rotatable bonds is 3. The largest absolute Gasteiger partial charge is 0.320 e. The molecule has 0 aliphatic rings. The summed E-state index contributed by atoms with van der Waals surface area (Å²) in [6, 6.07) is 1.96. The monoisotopic (exact) mass is 295 g/mol. The lowest BCUT2D eigenvalue weighted by Gasteiger charge is -2.08. The average molecular weight is 296 g/mol. The Morgan fingerprint density at radius 1 is 1.32 bits per heavy atom. The second-order valence-corrected chi connectivity index (χ2v) is 4.86. The van der Waals surface area contributed by atoms with Crippen LogP contribution in [0.5, 0.6) is 0 Å². The molecule has 0 fully saturated rings. The Morgan fingerprint density at radius 3 is 2.84 bits per heavy atom. The van der Waals surface area contributed by atoms with Crippen LogP contribution in [0.4, 0.5) is 0 Å². The summed E-state index contributed by atoms with van der Waals surface area (Å²) in [4.78, 5) is 8.50. The minimum absolute atomic E-state index is 0.322. The van der Waals surface area contributed by atoms with Gasteiger partial charge in [0.25, 0.3) is 0 Å². The number of aryl methyl sites for hydroxylation is 1. The van der Waals surface area contributed by atoms with E-state index in [1.807, 2.05) is 22.4 Å². The van der Waals surface area contributed by atoms with Gasteiger partial charge in [-0.15, -0.1) is 11.6 Å². The van der Waals surface area contributed by atoms with Crippen LogP contribution in [-0.2, 0) is 19.5 Å². The second kappa shape index (κ2) is 4.83. The third-order valence-corrected chi connectivity index (χ3v) is 3.56. The Balaban J connectivity index is 2.18. The van der Waals surface area contributed by atoms with Crippen molar-refractivity contribution < 1.29 is 0 Å². The predicted molar refractivity (Wildman–Crippen MR) is 74.4 cm³/mol. The fraction of sp³-hybridized carbons (Fsp3) is 0.250. The molecule has 0 aliphatic carbocycles. The van der Waals surface area contributed by atoms with E-state index in [0.717, 1.165) is 22.6 Å². The molecule has 0 radical (unpaired) electrons. The number of hydrogen-bond donors (Lipinski definition) is 0. The smallest absolute Gasteiger partial charge is 0.125 e. The molecule has 0 saturated heterocycles. The second-order valence-electron chi connectivity index (χ2n) is 4.18. The highest BCUT2D eigenvalue weighted by Gasteiger charge is 2.14. The first-order valence-corrected chi connectivity index (χ1v) is 6.63. The molecule has 0 aliphatic heterocycles. The summed E-state index contributed by atoms with van der Waals surface area (Å²) >= 11 is 12.2. The van der Waals surface area contributed by atoms with Gasteiger partial charge in [0.1, 0.15) is 11.3 Å². The van der Waals surface area contributed by atoms with Crippen LogP contribution in [-0.4, -0.2) is 24.3 Å². The van der Waals surface area contributed by atoms with Gasteiger partial charge in [-0.3, -0.25) is 9.67 Å². The van der Waals surface area contributed by atoms with E-state index in [2.05, 4.69) is 15.1 Å². The maximum absolute atomic E-state index is 6.22. The molecule has 98 valence electrons. The number of hydrogen-bond acceptors (Lipinski definition) is 3. The number of fused-ring (bicyclic) bond motifs is 1. The van der Waals surface area contributed by atoms with Crippen LogP contribution in [0.2, 0.25) is 5.02 Å². The van der Waals surface area contributed by atoms with Gasteiger partial charge in [-0.1, -0.05) is 11.6 Å². The third kappa shape index (κ3) is 2.09. The molecular weight excluding hydrogens is 285 g/mol. The van der Waals surface area contributed by atoms with Gasteiger partial charge in [-0.2, -0.15) is 5.10 Å². The van der Waals surface area contributed by atoms with Gasteiger partial charge in [-0.05, 0) is 6.07 Å². The van der Waals surface area contributed by atoms with Crippen LogP contribution < -0.4 is 0 Å². The highest BCUT2D eigenvalue weighted by molar-refractivity contribution is 6.34. The normalized spacial score (nSPS) is 11.3. The zero-order chi connectivity index (χ0) is 13.4. The lowest BCUT2D eigenvalue weighted by molar-refractivity contribution is 0.663. The minimum Gasteiger partial charge on any atom is -0.320 e. The molecule has 3 rings (SSSR count). The fourth-order valence-corrected chi connectivity index (χ4v) is 2.55. The Labute approximate surface area is 119 Å². The molecule has 0 unspecified atom stereocenters. The fourth-order valence-electron chi connectivity index (χ4n) is 2.09. The highest BCUT2D eigenvalue weighted by Crippen LogP contribution is 2.25. The lowest BCUT2D eigenvalue weighted by Crippen LogP contribution is -2.08. The van der Waals surface area contributed by atoms with Gasteiger partial charge in [0, 0.05) is 19.4 Å². The molecule has 0 aromatic carbocycles. The van der Waals surface area contributed by atoms with Crippen molar-refractivity contribution in [2.75, 3.05) is 0 Å². The van der Waals surface area contributed by atoms with Crippen LogP contribution in [0.1, 0.15) is 11.5 Å². The van der Waals surface area contributed by atoms with E-state index in [4.69, 9.17) is 23.2 Å². The number of aromatic nitrogens is 5. The van der Waals surface area contributed by atoms with Crippen LogP contribution in [0.15, 0.2) is 24.7 Å². The molecule has 3 aromatic rings. The molecule has 0 bridgehead atoms. The van der Waals surface area contributed by atoms with Crippen LogP contribution >= 0.6 is 23.2 Å². The SMILES string of the molecule is Cn1nccc1Cn1c(CCl)nc2cncc(Cl)c21. The Kier molecular flexibility index (Phi) is 3.16. The van der Waals surface area contributed by atoms with Crippen LogP contribution in [0, 0.1) is 0 Å². The molecule has 0 N–H and O–H groups in total. The number of imidazole rings is 1. The third-order valence-electron chi connectivity index (χ3n) is 3.05. The van der Waals surface area contributed by atoms with Crippen molar-refractivity contribution in [3.8, 4) is 0 Å². The van der Waals surface area contributed by atoms with Crippen molar-refractivity contribution in [2.24, 2.45) is 7.05 Å². The Hall–Kier alpha value is -1.59. The van der Waals surface area contributed by atoms with Crippen LogP contribution in [0.25, 0.3) is 11.0 Å². The quantitative estimate of drug-likeness (QED) is 0.698. The van der Waals surface area contributed by atoms with E-state index < -0.39 is 0 Å². The average Bonchev–Trinajstić information content (AvgIpc) is 2.96.